The molecular weight excluding hydrogens is 252 g/mol. The van der Waals surface area contributed by atoms with E-state index in [1.807, 2.05) is 17.7 Å². The van der Waals surface area contributed by atoms with Crippen molar-refractivity contribution in [2.75, 3.05) is 23.7 Å². The average molecular weight is 274 g/mol. The molecule has 2 aromatic heterocycles. The number of hydrogen-bond acceptors (Lipinski definition) is 5. The van der Waals surface area contributed by atoms with E-state index in [9.17, 15) is 0 Å². The van der Waals surface area contributed by atoms with Gasteiger partial charge >= 0.3 is 0 Å². The smallest absolute Gasteiger partial charge is 0.166 e. The molecule has 2 rings (SSSR count). The molecule has 0 bridgehead atoms. The predicted octanol–water partition coefficient (Wildman–Crippen LogP) is 1.96. The van der Waals surface area contributed by atoms with Crippen molar-refractivity contribution in [3.63, 3.8) is 0 Å². The number of nitrogens with zero attached hydrogens (tertiary/aromatic N) is 5. The van der Waals surface area contributed by atoms with Gasteiger partial charge in [0.15, 0.2) is 11.6 Å². The number of aromatic nitrogens is 4. The van der Waals surface area contributed by atoms with Crippen molar-refractivity contribution in [1.29, 1.82) is 0 Å². The van der Waals surface area contributed by atoms with Crippen LogP contribution in [0.2, 0.25) is 0 Å². The highest BCUT2D eigenvalue weighted by atomic mass is 15.2. The van der Waals surface area contributed by atoms with E-state index < -0.39 is 0 Å². The molecule has 6 heteroatoms. The van der Waals surface area contributed by atoms with Gasteiger partial charge in [0.25, 0.3) is 0 Å². The van der Waals surface area contributed by atoms with Crippen molar-refractivity contribution < 1.29 is 0 Å². The molecule has 0 saturated heterocycles. The molecule has 2 aromatic rings. The third-order valence-corrected chi connectivity index (χ3v) is 3.35. The van der Waals surface area contributed by atoms with Gasteiger partial charge in [0.05, 0.1) is 5.69 Å². The second-order valence-corrected chi connectivity index (χ2v) is 4.63. The normalized spacial score (nSPS) is 10.8. The van der Waals surface area contributed by atoms with Crippen LogP contribution in [0.4, 0.5) is 11.5 Å². The summed E-state index contributed by atoms with van der Waals surface area (Å²) in [5.74, 6) is 2.45. The van der Waals surface area contributed by atoms with Crippen molar-refractivity contribution in [2.24, 2.45) is 0 Å². The number of nitrogens with two attached hydrogens (primary N) is 1. The monoisotopic (exact) mass is 274 g/mol. The van der Waals surface area contributed by atoms with Gasteiger partial charge in [0.1, 0.15) is 17.8 Å². The molecule has 2 N–H and O–H groups in total. The first kappa shape index (κ1) is 14.3. The minimum Gasteiger partial charge on any atom is -0.393 e. The molecule has 20 heavy (non-hydrogen) atoms. The van der Waals surface area contributed by atoms with Crippen LogP contribution in [0, 0.1) is 6.92 Å². The third-order valence-electron chi connectivity index (χ3n) is 3.35. The van der Waals surface area contributed by atoms with E-state index >= 15 is 0 Å². The molecular formula is C14H22N6. The molecule has 0 saturated carbocycles. The average Bonchev–Trinajstić information content (AvgIpc) is 2.83. The fourth-order valence-corrected chi connectivity index (χ4v) is 2.32. The van der Waals surface area contributed by atoms with Crippen molar-refractivity contribution >= 4 is 11.5 Å². The molecule has 6 nitrogen and oxygen atoms in total. The van der Waals surface area contributed by atoms with Gasteiger partial charge in [-0.1, -0.05) is 6.92 Å². The Bertz CT molecular complexity index is 585. The number of hydrogen-bond donors (Lipinski definition) is 1. The van der Waals surface area contributed by atoms with Gasteiger partial charge < -0.3 is 10.6 Å². The summed E-state index contributed by atoms with van der Waals surface area (Å²) in [4.78, 5) is 15.3. The van der Waals surface area contributed by atoms with E-state index in [4.69, 9.17) is 5.73 Å². The van der Waals surface area contributed by atoms with Crippen LogP contribution < -0.4 is 10.6 Å². The summed E-state index contributed by atoms with van der Waals surface area (Å²) >= 11 is 0. The highest BCUT2D eigenvalue weighted by molar-refractivity contribution is 5.70. The fourth-order valence-electron chi connectivity index (χ4n) is 2.32. The van der Waals surface area contributed by atoms with Crippen molar-refractivity contribution in [3.8, 4) is 5.82 Å². The zero-order valence-electron chi connectivity index (χ0n) is 12.6. The Hall–Kier alpha value is -2.11. The molecule has 0 atom stereocenters. The summed E-state index contributed by atoms with van der Waals surface area (Å²) in [6.45, 7) is 9.94. The van der Waals surface area contributed by atoms with Gasteiger partial charge in [0, 0.05) is 25.7 Å². The summed E-state index contributed by atoms with van der Waals surface area (Å²) < 4.78 is 1.96. The van der Waals surface area contributed by atoms with Crippen LogP contribution in [0.15, 0.2) is 12.5 Å². The molecule has 0 radical (unpaired) electrons. The minimum absolute atomic E-state index is 0.600. The zero-order valence-corrected chi connectivity index (χ0v) is 12.6. The first-order chi connectivity index (χ1) is 9.62. The van der Waals surface area contributed by atoms with Gasteiger partial charge in [-0.05, 0) is 20.8 Å². The molecule has 0 spiro atoms. The van der Waals surface area contributed by atoms with Crippen LogP contribution in [-0.4, -0.2) is 32.6 Å². The maximum absolute atomic E-state index is 6.28. The Morgan fingerprint density at radius 2 is 1.90 bits per heavy atom. The summed E-state index contributed by atoms with van der Waals surface area (Å²) in [6, 6.07) is 0. The standard InChI is InChI=1S/C14H22N6/c1-5-11-18-10(4)8-20(11)14-12(15)13(16-9-17-14)19(6-2)7-3/h8-9H,5-7,15H2,1-4H3. The molecule has 2 heterocycles. The first-order valence-electron chi connectivity index (χ1n) is 7.02. The predicted molar refractivity (Wildman–Crippen MR) is 81.2 cm³/mol. The van der Waals surface area contributed by atoms with Crippen LogP contribution in [0.5, 0.6) is 0 Å². The molecule has 0 aliphatic rings. The summed E-state index contributed by atoms with van der Waals surface area (Å²) in [5.41, 5.74) is 7.85. The van der Waals surface area contributed by atoms with E-state index in [-0.39, 0.29) is 0 Å². The largest absolute Gasteiger partial charge is 0.393 e. The van der Waals surface area contributed by atoms with Crippen LogP contribution in [0.25, 0.3) is 5.82 Å². The molecule has 0 aromatic carbocycles. The van der Waals surface area contributed by atoms with Crippen LogP contribution >= 0.6 is 0 Å². The van der Waals surface area contributed by atoms with E-state index in [2.05, 4.69) is 40.6 Å². The SMILES string of the molecule is CCc1nc(C)cn1-c1ncnc(N(CC)CC)c1N. The van der Waals surface area contributed by atoms with Crippen LogP contribution in [-0.2, 0) is 6.42 Å². The Balaban J connectivity index is 2.55. The van der Waals surface area contributed by atoms with Crippen LogP contribution in [0.1, 0.15) is 32.3 Å². The lowest BCUT2D eigenvalue weighted by Gasteiger charge is -2.22. The lowest BCUT2D eigenvalue weighted by molar-refractivity contribution is 0.827. The van der Waals surface area contributed by atoms with Gasteiger partial charge in [-0.15, -0.1) is 0 Å². The highest BCUT2D eigenvalue weighted by Crippen LogP contribution is 2.26. The van der Waals surface area contributed by atoms with E-state index in [1.54, 1.807) is 6.33 Å². The van der Waals surface area contributed by atoms with Gasteiger partial charge in [0.2, 0.25) is 0 Å². The second kappa shape index (κ2) is 5.90. The molecule has 0 amide bonds. The number of aryl methyl sites for hydroxylation is 2. The Morgan fingerprint density at radius 1 is 1.20 bits per heavy atom. The van der Waals surface area contributed by atoms with E-state index in [0.717, 1.165) is 36.8 Å². The lowest BCUT2D eigenvalue weighted by Crippen LogP contribution is -2.25. The molecule has 0 aliphatic heterocycles. The lowest BCUT2D eigenvalue weighted by atomic mass is 10.3. The number of anilines is 2. The molecule has 0 aliphatic carbocycles. The van der Waals surface area contributed by atoms with E-state index in [0.29, 0.717) is 11.5 Å². The van der Waals surface area contributed by atoms with Gasteiger partial charge in [-0.2, -0.15) is 0 Å². The second-order valence-electron chi connectivity index (χ2n) is 4.63. The number of nitrogen functional groups attached to an aromatic ring is 1. The van der Waals surface area contributed by atoms with E-state index in [1.165, 1.54) is 0 Å². The van der Waals surface area contributed by atoms with Gasteiger partial charge in [-0.3, -0.25) is 4.57 Å². The summed E-state index contributed by atoms with van der Waals surface area (Å²) in [7, 11) is 0. The zero-order chi connectivity index (χ0) is 14.7. The number of imidazole rings is 1. The van der Waals surface area contributed by atoms with Crippen LogP contribution in [0.3, 0.4) is 0 Å². The Kier molecular flexibility index (Phi) is 4.22. The molecule has 0 unspecified atom stereocenters. The van der Waals surface area contributed by atoms with Crippen molar-refractivity contribution in [3.05, 3.63) is 24.0 Å². The summed E-state index contributed by atoms with van der Waals surface area (Å²) in [6.07, 6.45) is 4.36. The fraction of sp³-hybridized carbons (Fsp3) is 0.500. The highest BCUT2D eigenvalue weighted by Gasteiger charge is 2.16. The maximum Gasteiger partial charge on any atom is 0.166 e. The van der Waals surface area contributed by atoms with Gasteiger partial charge in [-0.25, -0.2) is 15.0 Å². The minimum atomic E-state index is 0.600. The topological polar surface area (TPSA) is 72.9 Å². The van der Waals surface area contributed by atoms with Crippen molar-refractivity contribution in [1.82, 2.24) is 19.5 Å². The maximum atomic E-state index is 6.28. The Labute approximate surface area is 119 Å². The Morgan fingerprint density at radius 3 is 2.50 bits per heavy atom. The molecule has 0 fully saturated rings. The quantitative estimate of drug-likeness (QED) is 0.902. The van der Waals surface area contributed by atoms with Crippen molar-refractivity contribution in [2.45, 2.75) is 34.1 Å². The summed E-state index contributed by atoms with van der Waals surface area (Å²) in [5, 5.41) is 0. The molecule has 108 valence electrons. The first-order valence-corrected chi connectivity index (χ1v) is 7.02. The number of rotatable bonds is 5. The third kappa shape index (κ3) is 2.45.